The summed E-state index contributed by atoms with van der Waals surface area (Å²) in [5.74, 6) is 0.741. The monoisotopic (exact) mass is 320 g/mol. The van der Waals surface area contributed by atoms with Gasteiger partial charge in [-0.2, -0.15) is 0 Å². The Morgan fingerprint density at radius 1 is 1.48 bits per heavy atom. The topological polar surface area (TPSA) is 58.9 Å². The van der Waals surface area contributed by atoms with Gasteiger partial charge in [0.15, 0.2) is 5.96 Å². The summed E-state index contributed by atoms with van der Waals surface area (Å²) < 4.78 is 7.20. The number of guanidine groups is 1. The molecule has 1 aromatic heterocycles. The van der Waals surface area contributed by atoms with Crippen LogP contribution in [0.25, 0.3) is 0 Å². The van der Waals surface area contributed by atoms with Gasteiger partial charge < -0.3 is 19.5 Å². The van der Waals surface area contributed by atoms with Gasteiger partial charge in [0.25, 0.3) is 0 Å². The lowest BCUT2D eigenvalue weighted by Crippen LogP contribution is -2.48. The van der Waals surface area contributed by atoms with Gasteiger partial charge in [-0.05, 0) is 38.3 Å². The Labute approximate surface area is 138 Å². The molecule has 0 radical (unpaired) electrons. The minimum absolute atomic E-state index is 0.0516. The summed E-state index contributed by atoms with van der Waals surface area (Å²) in [5, 5.41) is 3.34. The predicted molar refractivity (Wildman–Crippen MR) is 91.2 cm³/mol. The number of aromatic nitrogens is 1. The number of carbonyl (C=O) groups excluding carboxylic acids is 1. The molecule has 0 bridgehead atoms. The molecule has 1 aliphatic heterocycles. The lowest BCUT2D eigenvalue weighted by atomic mass is 9.98. The molecule has 1 aromatic rings. The number of likely N-dealkylation sites (tertiary alicyclic amines) is 1. The van der Waals surface area contributed by atoms with Crippen LogP contribution in [0.5, 0.6) is 0 Å². The molecule has 6 heteroatoms. The summed E-state index contributed by atoms with van der Waals surface area (Å²) >= 11 is 0. The third-order valence-electron chi connectivity index (χ3n) is 3.98. The van der Waals surface area contributed by atoms with E-state index in [0.717, 1.165) is 31.9 Å². The van der Waals surface area contributed by atoms with Gasteiger partial charge in [-0.1, -0.05) is 0 Å². The fourth-order valence-corrected chi connectivity index (χ4v) is 2.87. The normalized spacial score (nSPS) is 18.8. The molecule has 0 amide bonds. The predicted octanol–water partition coefficient (Wildman–Crippen LogP) is 1.77. The van der Waals surface area contributed by atoms with Crippen molar-refractivity contribution in [3.63, 3.8) is 0 Å². The van der Waals surface area contributed by atoms with E-state index in [9.17, 15) is 4.79 Å². The number of ether oxygens (including phenoxy) is 1. The number of rotatable bonds is 5. The minimum Gasteiger partial charge on any atom is -0.466 e. The van der Waals surface area contributed by atoms with Crippen molar-refractivity contribution in [2.24, 2.45) is 18.0 Å². The number of piperidine rings is 1. The van der Waals surface area contributed by atoms with E-state index in [4.69, 9.17) is 9.73 Å². The van der Waals surface area contributed by atoms with Crippen molar-refractivity contribution in [1.82, 2.24) is 14.8 Å². The van der Waals surface area contributed by atoms with Gasteiger partial charge >= 0.3 is 5.97 Å². The number of nitrogens with zero attached hydrogens (tertiary/aromatic N) is 3. The van der Waals surface area contributed by atoms with Crippen LogP contribution in [-0.2, 0) is 23.1 Å². The highest BCUT2D eigenvalue weighted by Gasteiger charge is 2.28. The van der Waals surface area contributed by atoms with E-state index in [1.54, 1.807) is 0 Å². The van der Waals surface area contributed by atoms with E-state index >= 15 is 0 Å². The second-order valence-corrected chi connectivity index (χ2v) is 5.89. The van der Waals surface area contributed by atoms with Crippen molar-refractivity contribution in [2.45, 2.75) is 33.2 Å². The van der Waals surface area contributed by atoms with Crippen LogP contribution in [0.2, 0.25) is 0 Å². The molecule has 0 saturated carbocycles. The zero-order valence-electron chi connectivity index (χ0n) is 14.4. The minimum atomic E-state index is -0.0869. The maximum absolute atomic E-state index is 12.0. The average Bonchev–Trinajstić information content (AvgIpc) is 2.97. The van der Waals surface area contributed by atoms with E-state index in [0.29, 0.717) is 19.7 Å². The van der Waals surface area contributed by atoms with Gasteiger partial charge in [-0.3, -0.25) is 4.79 Å². The summed E-state index contributed by atoms with van der Waals surface area (Å²) in [4.78, 5) is 18.9. The number of carbonyl (C=O) groups is 1. The molecule has 1 saturated heterocycles. The van der Waals surface area contributed by atoms with Crippen molar-refractivity contribution in [2.75, 3.05) is 26.2 Å². The number of hydrogen-bond acceptors (Lipinski definition) is 3. The molecule has 23 heavy (non-hydrogen) atoms. The van der Waals surface area contributed by atoms with Crippen molar-refractivity contribution in [3.8, 4) is 0 Å². The van der Waals surface area contributed by atoms with E-state index in [2.05, 4.69) is 29.4 Å². The Hall–Kier alpha value is -1.98. The Morgan fingerprint density at radius 3 is 2.96 bits per heavy atom. The summed E-state index contributed by atoms with van der Waals surface area (Å²) in [6, 6.07) is 2.07. The first-order valence-corrected chi connectivity index (χ1v) is 8.44. The maximum atomic E-state index is 12.0. The average molecular weight is 320 g/mol. The van der Waals surface area contributed by atoms with Gasteiger partial charge in [0, 0.05) is 39.1 Å². The van der Waals surface area contributed by atoms with Gasteiger partial charge in [-0.15, -0.1) is 0 Å². The van der Waals surface area contributed by atoms with Crippen LogP contribution in [0, 0.1) is 5.92 Å². The Balaban J connectivity index is 2.02. The fraction of sp³-hybridized carbons (Fsp3) is 0.647. The highest BCUT2D eigenvalue weighted by Crippen LogP contribution is 2.18. The largest absolute Gasteiger partial charge is 0.466 e. The summed E-state index contributed by atoms with van der Waals surface area (Å²) in [6.07, 6.45) is 5.98. The summed E-state index contributed by atoms with van der Waals surface area (Å²) in [5.41, 5.74) is 1.18. The third-order valence-corrected chi connectivity index (χ3v) is 3.98. The molecule has 0 spiro atoms. The number of nitrogens with one attached hydrogen (secondary N) is 1. The zero-order chi connectivity index (χ0) is 16.7. The van der Waals surface area contributed by atoms with Crippen LogP contribution < -0.4 is 5.32 Å². The highest BCUT2D eigenvalue weighted by atomic mass is 16.5. The van der Waals surface area contributed by atoms with Crippen molar-refractivity contribution < 1.29 is 9.53 Å². The quantitative estimate of drug-likeness (QED) is 0.510. The third kappa shape index (κ3) is 5.01. The summed E-state index contributed by atoms with van der Waals surface area (Å²) in [6.45, 7) is 7.42. The Morgan fingerprint density at radius 2 is 2.30 bits per heavy atom. The molecule has 1 N–H and O–H groups in total. The lowest BCUT2D eigenvalue weighted by Gasteiger charge is -2.34. The first-order chi connectivity index (χ1) is 11.1. The molecule has 1 aliphatic rings. The summed E-state index contributed by atoms with van der Waals surface area (Å²) in [7, 11) is 2.01. The van der Waals surface area contributed by atoms with Gasteiger partial charge in [-0.25, -0.2) is 4.99 Å². The fourth-order valence-electron chi connectivity index (χ4n) is 2.87. The van der Waals surface area contributed by atoms with E-state index in [1.165, 1.54) is 5.56 Å². The molecule has 0 aliphatic carbocycles. The van der Waals surface area contributed by atoms with Crippen molar-refractivity contribution in [1.29, 1.82) is 0 Å². The molecule has 128 valence electrons. The van der Waals surface area contributed by atoms with E-state index in [1.807, 2.05) is 24.7 Å². The van der Waals surface area contributed by atoms with E-state index in [-0.39, 0.29) is 11.9 Å². The highest BCUT2D eigenvalue weighted by molar-refractivity contribution is 5.81. The van der Waals surface area contributed by atoms with Gasteiger partial charge in [0.1, 0.15) is 0 Å². The smallest absolute Gasteiger partial charge is 0.310 e. The van der Waals surface area contributed by atoms with Crippen LogP contribution in [0.15, 0.2) is 23.5 Å². The maximum Gasteiger partial charge on any atom is 0.310 e. The van der Waals surface area contributed by atoms with Crippen molar-refractivity contribution in [3.05, 3.63) is 24.0 Å². The lowest BCUT2D eigenvalue weighted by molar-refractivity contribution is -0.149. The van der Waals surface area contributed by atoms with Gasteiger partial charge in [0.05, 0.1) is 19.1 Å². The molecule has 0 unspecified atom stereocenters. The van der Waals surface area contributed by atoms with Crippen molar-refractivity contribution >= 4 is 11.9 Å². The second-order valence-electron chi connectivity index (χ2n) is 5.89. The molecule has 6 nitrogen and oxygen atoms in total. The molecule has 1 fully saturated rings. The van der Waals surface area contributed by atoms with Crippen LogP contribution in [0.1, 0.15) is 32.3 Å². The number of hydrogen-bond donors (Lipinski definition) is 1. The van der Waals surface area contributed by atoms with Gasteiger partial charge in [0.2, 0.25) is 0 Å². The van der Waals surface area contributed by atoms with Crippen LogP contribution >= 0.6 is 0 Å². The Bertz CT molecular complexity index is 538. The number of aryl methyl sites for hydroxylation is 1. The van der Waals surface area contributed by atoms with Crippen LogP contribution in [0.3, 0.4) is 0 Å². The van der Waals surface area contributed by atoms with Crippen LogP contribution in [0.4, 0.5) is 0 Å². The molecular weight excluding hydrogens is 292 g/mol. The van der Waals surface area contributed by atoms with E-state index < -0.39 is 0 Å². The number of esters is 1. The van der Waals surface area contributed by atoms with Crippen LogP contribution in [-0.4, -0.2) is 47.6 Å². The molecule has 1 atom stereocenters. The SMILES string of the molecule is CCNC(=NCc1ccn(C)c1)N1CCC[C@@H](C(=O)OCC)C1. The standard InChI is InChI=1S/C17H28N4O2/c1-4-18-17(19-11-14-8-10-20(3)12-14)21-9-6-7-15(13-21)16(22)23-5-2/h8,10,12,15H,4-7,9,11,13H2,1-3H3,(H,18,19)/t15-/m1/s1. The zero-order valence-corrected chi connectivity index (χ0v) is 14.4. The Kier molecular flexibility index (Phi) is 6.50. The molecular formula is C17H28N4O2. The molecule has 0 aromatic carbocycles. The second kappa shape index (κ2) is 8.60. The molecule has 2 rings (SSSR count). The molecule has 2 heterocycles. The number of aliphatic imine (C=N–C) groups is 1. The first-order valence-electron chi connectivity index (χ1n) is 8.44. The first kappa shape index (κ1) is 17.4.